The lowest BCUT2D eigenvalue weighted by molar-refractivity contribution is -0.140. The SMILES string of the molecule is C=CCOc1ccc(C(O)=C2C(=O)C(=O)N(CCN3CCOCC3)C2c2ccc(C(C)C)cc2)cc1C. The van der Waals surface area contributed by atoms with Gasteiger partial charge in [-0.1, -0.05) is 50.8 Å². The van der Waals surface area contributed by atoms with Crippen molar-refractivity contribution in [3.63, 3.8) is 0 Å². The summed E-state index contributed by atoms with van der Waals surface area (Å²) in [7, 11) is 0. The van der Waals surface area contributed by atoms with Crippen LogP contribution in [0.2, 0.25) is 0 Å². The monoisotopic (exact) mass is 504 g/mol. The van der Waals surface area contributed by atoms with Crippen molar-refractivity contribution in [2.24, 2.45) is 0 Å². The number of nitrogens with zero attached hydrogens (tertiary/aromatic N) is 2. The van der Waals surface area contributed by atoms with Gasteiger partial charge in [0, 0.05) is 31.7 Å². The molecule has 37 heavy (non-hydrogen) atoms. The number of amides is 1. The van der Waals surface area contributed by atoms with Gasteiger partial charge in [0.15, 0.2) is 0 Å². The highest BCUT2D eigenvalue weighted by molar-refractivity contribution is 6.46. The molecule has 4 rings (SSSR count). The molecule has 1 unspecified atom stereocenters. The molecule has 7 nitrogen and oxygen atoms in total. The van der Waals surface area contributed by atoms with Gasteiger partial charge in [0.05, 0.1) is 24.8 Å². The lowest BCUT2D eigenvalue weighted by Crippen LogP contribution is -2.42. The Morgan fingerprint density at radius 3 is 2.46 bits per heavy atom. The van der Waals surface area contributed by atoms with Gasteiger partial charge in [0.1, 0.15) is 18.1 Å². The summed E-state index contributed by atoms with van der Waals surface area (Å²) >= 11 is 0. The molecule has 2 aliphatic rings. The van der Waals surface area contributed by atoms with E-state index >= 15 is 0 Å². The minimum absolute atomic E-state index is 0.114. The quantitative estimate of drug-likeness (QED) is 0.236. The van der Waals surface area contributed by atoms with Crippen molar-refractivity contribution in [2.75, 3.05) is 46.0 Å². The van der Waals surface area contributed by atoms with Gasteiger partial charge in [-0.25, -0.2) is 0 Å². The maximum absolute atomic E-state index is 13.4. The fraction of sp³-hybridized carbons (Fsp3) is 0.400. The van der Waals surface area contributed by atoms with E-state index in [9.17, 15) is 14.7 Å². The molecule has 1 atom stereocenters. The summed E-state index contributed by atoms with van der Waals surface area (Å²) in [5.41, 5.74) is 3.36. The van der Waals surface area contributed by atoms with Crippen LogP contribution in [0.25, 0.3) is 5.76 Å². The minimum Gasteiger partial charge on any atom is -0.507 e. The third-order valence-electron chi connectivity index (χ3n) is 7.02. The second-order valence-corrected chi connectivity index (χ2v) is 9.85. The molecule has 2 aliphatic heterocycles. The zero-order chi connectivity index (χ0) is 26.5. The number of benzene rings is 2. The first kappa shape index (κ1) is 26.6. The first-order valence-electron chi connectivity index (χ1n) is 12.8. The molecule has 0 bridgehead atoms. The third kappa shape index (κ3) is 5.78. The standard InChI is InChI=1S/C30H36N2O5/c1-5-16-37-25-11-10-24(19-21(25)4)28(33)26-27(23-8-6-22(7-9-23)20(2)3)32(30(35)29(26)34)13-12-31-14-17-36-18-15-31/h5-11,19-20,27,33H,1,12-18H2,2-4H3. The molecule has 196 valence electrons. The van der Waals surface area contributed by atoms with E-state index in [1.54, 1.807) is 29.2 Å². The Morgan fingerprint density at radius 1 is 1.14 bits per heavy atom. The molecule has 7 heteroatoms. The summed E-state index contributed by atoms with van der Waals surface area (Å²) in [5.74, 6) is -0.407. The summed E-state index contributed by atoms with van der Waals surface area (Å²) in [6, 6.07) is 12.5. The fourth-order valence-corrected chi connectivity index (χ4v) is 4.86. The van der Waals surface area contributed by atoms with Gasteiger partial charge in [-0.3, -0.25) is 14.5 Å². The topological polar surface area (TPSA) is 79.3 Å². The summed E-state index contributed by atoms with van der Waals surface area (Å²) in [5, 5.41) is 11.4. The number of hydrogen-bond acceptors (Lipinski definition) is 6. The number of morpholine rings is 1. The minimum atomic E-state index is -0.667. The van der Waals surface area contributed by atoms with E-state index in [0.29, 0.717) is 50.1 Å². The number of ether oxygens (including phenoxy) is 2. The Bertz CT molecular complexity index is 1180. The molecule has 2 fully saturated rings. The molecular weight excluding hydrogens is 468 g/mol. The van der Waals surface area contributed by atoms with Crippen molar-refractivity contribution in [3.8, 4) is 5.75 Å². The van der Waals surface area contributed by atoms with Gasteiger partial charge in [0.25, 0.3) is 11.7 Å². The van der Waals surface area contributed by atoms with Crippen molar-refractivity contribution in [3.05, 3.63) is 82.9 Å². The predicted molar refractivity (Wildman–Crippen MR) is 144 cm³/mol. The number of Topliss-reactive ketones (excluding diaryl/α,β-unsaturated/α-hetero) is 1. The first-order valence-corrected chi connectivity index (χ1v) is 12.8. The van der Waals surface area contributed by atoms with Crippen LogP contribution in [0.4, 0.5) is 0 Å². The van der Waals surface area contributed by atoms with Crippen molar-refractivity contribution < 1.29 is 24.2 Å². The van der Waals surface area contributed by atoms with E-state index in [4.69, 9.17) is 9.47 Å². The molecule has 0 aromatic heterocycles. The van der Waals surface area contributed by atoms with Crippen LogP contribution >= 0.6 is 0 Å². The van der Waals surface area contributed by atoms with Crippen LogP contribution in [-0.2, 0) is 14.3 Å². The zero-order valence-corrected chi connectivity index (χ0v) is 21.9. The van der Waals surface area contributed by atoms with Gasteiger partial charge in [-0.2, -0.15) is 0 Å². The number of likely N-dealkylation sites (tertiary alicyclic amines) is 1. The Morgan fingerprint density at radius 2 is 1.84 bits per heavy atom. The number of rotatable bonds is 9. The van der Waals surface area contributed by atoms with Gasteiger partial charge < -0.3 is 19.5 Å². The molecule has 0 saturated carbocycles. The zero-order valence-electron chi connectivity index (χ0n) is 21.9. The van der Waals surface area contributed by atoms with Gasteiger partial charge >= 0.3 is 0 Å². The second-order valence-electron chi connectivity index (χ2n) is 9.85. The number of hydrogen-bond donors (Lipinski definition) is 1. The third-order valence-corrected chi connectivity index (χ3v) is 7.02. The average Bonchev–Trinajstić information content (AvgIpc) is 3.16. The number of aryl methyl sites for hydroxylation is 1. The molecule has 2 heterocycles. The van der Waals surface area contributed by atoms with Crippen LogP contribution in [0.1, 0.15) is 48.1 Å². The fourth-order valence-electron chi connectivity index (χ4n) is 4.86. The highest BCUT2D eigenvalue weighted by atomic mass is 16.5. The molecule has 2 saturated heterocycles. The summed E-state index contributed by atoms with van der Waals surface area (Å²) in [4.78, 5) is 30.5. The van der Waals surface area contributed by atoms with E-state index in [1.807, 2.05) is 31.2 Å². The number of aliphatic hydroxyl groups is 1. The van der Waals surface area contributed by atoms with Crippen LogP contribution in [0.15, 0.2) is 60.7 Å². The molecule has 0 aliphatic carbocycles. The number of ketones is 1. The van der Waals surface area contributed by atoms with Crippen LogP contribution < -0.4 is 4.74 Å². The highest BCUT2D eigenvalue weighted by Gasteiger charge is 2.46. The second kappa shape index (κ2) is 11.8. The van der Waals surface area contributed by atoms with Crippen molar-refractivity contribution in [1.29, 1.82) is 0 Å². The van der Waals surface area contributed by atoms with E-state index < -0.39 is 17.7 Å². The molecule has 1 N–H and O–H groups in total. The molecule has 2 aromatic rings. The van der Waals surface area contributed by atoms with Crippen LogP contribution in [0.3, 0.4) is 0 Å². The molecule has 2 aromatic carbocycles. The Labute approximate surface area is 219 Å². The lowest BCUT2D eigenvalue weighted by atomic mass is 9.93. The summed E-state index contributed by atoms with van der Waals surface area (Å²) in [6.45, 7) is 14.1. The number of carbonyl (C=O) groups excluding carboxylic acids is 2. The van der Waals surface area contributed by atoms with Gasteiger partial charge in [-0.15, -0.1) is 0 Å². The smallest absolute Gasteiger partial charge is 0.295 e. The maximum atomic E-state index is 13.4. The molecule has 1 amide bonds. The van der Waals surface area contributed by atoms with Crippen molar-refractivity contribution in [1.82, 2.24) is 9.80 Å². The molecule has 0 spiro atoms. The largest absolute Gasteiger partial charge is 0.507 e. The van der Waals surface area contributed by atoms with E-state index in [-0.39, 0.29) is 11.3 Å². The molecule has 0 radical (unpaired) electrons. The summed E-state index contributed by atoms with van der Waals surface area (Å²) < 4.78 is 11.1. The van der Waals surface area contributed by atoms with E-state index in [2.05, 4.69) is 25.3 Å². The van der Waals surface area contributed by atoms with Gasteiger partial charge in [0.2, 0.25) is 0 Å². The normalized spacial score (nSPS) is 20.0. The Balaban J connectivity index is 1.73. The van der Waals surface area contributed by atoms with Crippen LogP contribution in [0, 0.1) is 6.92 Å². The average molecular weight is 505 g/mol. The lowest BCUT2D eigenvalue weighted by Gasteiger charge is -2.31. The van der Waals surface area contributed by atoms with Gasteiger partial charge in [-0.05, 0) is 47.7 Å². The Hall–Kier alpha value is -3.42. The van der Waals surface area contributed by atoms with E-state index in [0.717, 1.165) is 24.2 Å². The number of carbonyl (C=O) groups is 2. The van der Waals surface area contributed by atoms with Crippen LogP contribution in [-0.4, -0.2) is 72.6 Å². The maximum Gasteiger partial charge on any atom is 0.295 e. The Kier molecular flexibility index (Phi) is 8.46. The van der Waals surface area contributed by atoms with Crippen LogP contribution in [0.5, 0.6) is 5.75 Å². The highest BCUT2D eigenvalue weighted by Crippen LogP contribution is 2.40. The van der Waals surface area contributed by atoms with Crippen molar-refractivity contribution >= 4 is 17.4 Å². The van der Waals surface area contributed by atoms with E-state index in [1.165, 1.54) is 5.56 Å². The first-order chi connectivity index (χ1) is 17.8. The summed E-state index contributed by atoms with van der Waals surface area (Å²) in [6.07, 6.45) is 1.66. The number of aliphatic hydroxyl groups excluding tert-OH is 1. The predicted octanol–water partition coefficient (Wildman–Crippen LogP) is 4.44. The molecular formula is C30H36N2O5. The van der Waals surface area contributed by atoms with Crippen molar-refractivity contribution in [2.45, 2.75) is 32.7 Å².